The Hall–Kier alpha value is -3.63. The van der Waals surface area contributed by atoms with Gasteiger partial charge in [0.1, 0.15) is 5.75 Å². The maximum atomic E-state index is 12.6. The Morgan fingerprint density at radius 1 is 1.00 bits per heavy atom. The normalized spacial score (nSPS) is 11.2. The highest BCUT2D eigenvalue weighted by atomic mass is 32.2. The smallest absolute Gasteiger partial charge is 0.323 e. The summed E-state index contributed by atoms with van der Waals surface area (Å²) in [5, 5.41) is 5.74. The number of carbonyl (C=O) groups excluding carboxylic acids is 1. The molecule has 10 heteroatoms. The number of urea groups is 1. The number of aryl methyl sites for hydroxylation is 1. The van der Waals surface area contributed by atoms with E-state index >= 15 is 0 Å². The average Bonchev–Trinajstić information content (AvgIpc) is 3.15. The molecule has 3 aromatic carbocycles. The first-order chi connectivity index (χ1) is 15.3. The second-order valence-electron chi connectivity index (χ2n) is 6.90. The zero-order chi connectivity index (χ0) is 22.7. The molecule has 0 aliphatic rings. The topological polar surface area (TPSA) is 109 Å². The van der Waals surface area contributed by atoms with Gasteiger partial charge in [-0.05, 0) is 49.4 Å². The number of fused-ring (bicyclic) bond motifs is 1. The Labute approximate surface area is 189 Å². The second-order valence-corrected chi connectivity index (χ2v) is 9.61. The number of ether oxygens (including phenoxy) is 1. The number of rotatable bonds is 6. The lowest BCUT2D eigenvalue weighted by Gasteiger charge is -2.10. The van der Waals surface area contributed by atoms with Crippen molar-refractivity contribution in [2.24, 2.45) is 0 Å². The van der Waals surface area contributed by atoms with E-state index in [1.54, 1.807) is 60.7 Å². The van der Waals surface area contributed by atoms with Gasteiger partial charge in [0.15, 0.2) is 5.13 Å². The van der Waals surface area contributed by atoms with Gasteiger partial charge >= 0.3 is 6.03 Å². The zero-order valence-electron chi connectivity index (χ0n) is 17.2. The Bertz CT molecular complexity index is 1380. The molecule has 32 heavy (non-hydrogen) atoms. The van der Waals surface area contributed by atoms with Crippen molar-refractivity contribution in [2.75, 3.05) is 22.5 Å². The summed E-state index contributed by atoms with van der Waals surface area (Å²) in [4.78, 5) is 16.9. The quantitative estimate of drug-likeness (QED) is 0.366. The molecule has 3 N–H and O–H groups in total. The number of benzene rings is 3. The third-order valence-corrected chi connectivity index (χ3v) is 6.97. The summed E-state index contributed by atoms with van der Waals surface area (Å²) in [5.74, 6) is 0.547. The number of methoxy groups -OCH3 is 1. The van der Waals surface area contributed by atoms with Crippen molar-refractivity contribution in [3.63, 3.8) is 0 Å². The fraction of sp³-hybridized carbons (Fsp3) is 0.0909. The maximum absolute atomic E-state index is 12.6. The number of nitrogens with one attached hydrogen (secondary N) is 3. The molecule has 0 fully saturated rings. The first-order valence-corrected chi connectivity index (χ1v) is 11.8. The van der Waals surface area contributed by atoms with Gasteiger partial charge in [-0.2, -0.15) is 0 Å². The molecule has 4 rings (SSSR count). The molecule has 8 nitrogen and oxygen atoms in total. The highest BCUT2D eigenvalue weighted by Crippen LogP contribution is 2.30. The van der Waals surface area contributed by atoms with Gasteiger partial charge in [0.05, 0.1) is 27.9 Å². The molecule has 0 unspecified atom stereocenters. The van der Waals surface area contributed by atoms with Gasteiger partial charge in [-0.1, -0.05) is 41.2 Å². The molecule has 0 bridgehead atoms. The van der Waals surface area contributed by atoms with Crippen LogP contribution in [-0.2, 0) is 10.0 Å². The summed E-state index contributed by atoms with van der Waals surface area (Å²) >= 11 is 1.18. The maximum Gasteiger partial charge on any atom is 0.323 e. The molecule has 0 aliphatic carbocycles. The highest BCUT2D eigenvalue weighted by Gasteiger charge is 2.17. The molecule has 164 valence electrons. The van der Waals surface area contributed by atoms with Crippen molar-refractivity contribution in [1.82, 2.24) is 4.98 Å². The minimum Gasteiger partial charge on any atom is -0.495 e. The number of carbonyl (C=O) groups is 1. The molecule has 1 aromatic heterocycles. The van der Waals surface area contributed by atoms with E-state index < -0.39 is 16.1 Å². The van der Waals surface area contributed by atoms with Gasteiger partial charge < -0.3 is 15.4 Å². The van der Waals surface area contributed by atoms with E-state index in [9.17, 15) is 13.2 Å². The SMILES string of the molecule is COc1ccccc1NC(=O)Nc1ccc2nc(NS(=O)(=O)c3ccc(C)cc3)sc2c1. The number of hydrogen-bond donors (Lipinski definition) is 3. The summed E-state index contributed by atoms with van der Waals surface area (Å²) < 4.78 is 33.7. The van der Waals surface area contributed by atoms with Crippen molar-refractivity contribution in [2.45, 2.75) is 11.8 Å². The Kier molecular flexibility index (Phi) is 5.97. The van der Waals surface area contributed by atoms with Crippen molar-refractivity contribution in [3.8, 4) is 5.75 Å². The predicted molar refractivity (Wildman–Crippen MR) is 127 cm³/mol. The van der Waals surface area contributed by atoms with E-state index in [0.29, 0.717) is 22.6 Å². The fourth-order valence-corrected chi connectivity index (χ4v) is 5.11. The van der Waals surface area contributed by atoms with E-state index in [2.05, 4.69) is 20.3 Å². The summed E-state index contributed by atoms with van der Waals surface area (Å²) in [6.07, 6.45) is 0. The van der Waals surface area contributed by atoms with Crippen LogP contribution in [0.15, 0.2) is 71.6 Å². The van der Waals surface area contributed by atoms with Crippen molar-refractivity contribution in [3.05, 3.63) is 72.3 Å². The summed E-state index contributed by atoms with van der Waals surface area (Å²) in [6, 6.07) is 18.4. The molecule has 0 saturated heterocycles. The van der Waals surface area contributed by atoms with Crippen molar-refractivity contribution in [1.29, 1.82) is 0 Å². The van der Waals surface area contributed by atoms with Crippen molar-refractivity contribution >= 4 is 54.1 Å². The fourth-order valence-electron chi connectivity index (χ4n) is 2.97. The van der Waals surface area contributed by atoms with Gasteiger partial charge in [-0.25, -0.2) is 18.2 Å². The van der Waals surface area contributed by atoms with Crippen LogP contribution in [0.5, 0.6) is 5.75 Å². The van der Waals surface area contributed by atoms with Gasteiger partial charge in [0.25, 0.3) is 10.0 Å². The summed E-state index contributed by atoms with van der Waals surface area (Å²) in [5.41, 5.74) is 2.67. The van der Waals surface area contributed by atoms with Crippen LogP contribution < -0.4 is 20.1 Å². The van der Waals surface area contributed by atoms with E-state index in [0.717, 1.165) is 10.3 Å². The third-order valence-electron chi connectivity index (χ3n) is 4.55. The summed E-state index contributed by atoms with van der Waals surface area (Å²) in [7, 11) is -2.21. The molecule has 4 aromatic rings. The summed E-state index contributed by atoms with van der Waals surface area (Å²) in [6.45, 7) is 1.89. The van der Waals surface area contributed by atoms with Crippen LogP contribution in [0.3, 0.4) is 0 Å². The molecule has 0 radical (unpaired) electrons. The number of aromatic nitrogens is 1. The molecular formula is C22H20N4O4S2. The van der Waals surface area contributed by atoms with E-state index in [-0.39, 0.29) is 10.0 Å². The van der Waals surface area contributed by atoms with Gasteiger partial charge in [-0.15, -0.1) is 0 Å². The van der Waals surface area contributed by atoms with Crippen LogP contribution in [0.1, 0.15) is 5.56 Å². The number of thiazole rings is 1. The monoisotopic (exact) mass is 468 g/mol. The number of nitrogens with zero attached hydrogens (tertiary/aromatic N) is 1. The predicted octanol–water partition coefficient (Wildman–Crippen LogP) is 5.06. The van der Waals surface area contributed by atoms with E-state index in [1.165, 1.54) is 18.4 Å². The van der Waals surface area contributed by atoms with Crippen LogP contribution in [0.4, 0.5) is 21.3 Å². The lowest BCUT2D eigenvalue weighted by atomic mass is 10.2. The number of anilines is 3. The number of amides is 2. The van der Waals surface area contributed by atoms with Gasteiger partial charge in [0, 0.05) is 5.69 Å². The van der Waals surface area contributed by atoms with Crippen LogP contribution in [0.2, 0.25) is 0 Å². The van der Waals surface area contributed by atoms with Crippen molar-refractivity contribution < 1.29 is 17.9 Å². The first-order valence-electron chi connectivity index (χ1n) is 9.55. The standard InChI is InChI=1S/C22H20N4O4S2/c1-14-7-10-16(11-8-14)32(28,29)26-22-25-18-12-9-15(13-20(18)31-22)23-21(27)24-17-5-3-4-6-19(17)30-2/h3-13H,1-2H3,(H,25,26)(H2,23,24,27). The number of para-hydroxylation sites is 2. The molecule has 0 saturated carbocycles. The second kappa shape index (κ2) is 8.85. The minimum absolute atomic E-state index is 0.165. The third kappa shape index (κ3) is 4.82. The van der Waals surface area contributed by atoms with Crippen LogP contribution in [0, 0.1) is 6.92 Å². The molecular weight excluding hydrogens is 448 g/mol. The molecule has 0 atom stereocenters. The van der Waals surface area contributed by atoms with Gasteiger partial charge in [0.2, 0.25) is 0 Å². The Morgan fingerprint density at radius 3 is 2.50 bits per heavy atom. The lowest BCUT2D eigenvalue weighted by Crippen LogP contribution is -2.19. The number of sulfonamides is 1. The van der Waals surface area contributed by atoms with E-state index in [4.69, 9.17) is 4.74 Å². The van der Waals surface area contributed by atoms with E-state index in [1.807, 2.05) is 13.0 Å². The molecule has 1 heterocycles. The zero-order valence-corrected chi connectivity index (χ0v) is 18.9. The Balaban J connectivity index is 1.49. The number of hydrogen-bond acceptors (Lipinski definition) is 6. The average molecular weight is 469 g/mol. The Morgan fingerprint density at radius 2 is 1.75 bits per heavy atom. The van der Waals surface area contributed by atoms with Gasteiger partial charge in [-0.3, -0.25) is 4.72 Å². The van der Waals surface area contributed by atoms with Crippen LogP contribution in [0.25, 0.3) is 10.2 Å². The highest BCUT2D eigenvalue weighted by molar-refractivity contribution is 7.93. The largest absolute Gasteiger partial charge is 0.495 e. The molecule has 0 aliphatic heterocycles. The lowest BCUT2D eigenvalue weighted by molar-refractivity contribution is 0.262. The minimum atomic E-state index is -3.74. The van der Waals surface area contributed by atoms with Crippen LogP contribution >= 0.6 is 11.3 Å². The molecule has 2 amide bonds. The molecule has 0 spiro atoms. The van der Waals surface area contributed by atoms with Crippen LogP contribution in [-0.4, -0.2) is 26.5 Å². The first kappa shape index (κ1) is 21.6.